The van der Waals surface area contributed by atoms with Crippen LogP contribution in [-0.4, -0.2) is 53.5 Å². The van der Waals surface area contributed by atoms with Gasteiger partial charge in [0.2, 0.25) is 0 Å². The number of aromatic hydroxyl groups is 1. The fourth-order valence-electron chi connectivity index (χ4n) is 6.51. The summed E-state index contributed by atoms with van der Waals surface area (Å²) in [7, 11) is 0. The lowest BCUT2D eigenvalue weighted by molar-refractivity contribution is -0.119. The van der Waals surface area contributed by atoms with Crippen molar-refractivity contribution in [1.29, 1.82) is 0 Å². The SMILES string of the molecule is C[S+]([O-])Cc1cc(-c2ccccn2)c2c(c1O)C(=O)C1=C(O)C3C(CC(O)=C(C(N)=O)C3(C)O)CC1C2. The molecular weight excluding hydrogens is 496 g/mol. The molecule has 194 valence electrons. The van der Waals surface area contributed by atoms with E-state index in [1.165, 1.54) is 13.2 Å². The molecule has 37 heavy (non-hydrogen) atoms. The number of fused-ring (bicyclic) bond motifs is 3. The number of nitrogens with two attached hydrogens (primary N) is 1. The van der Waals surface area contributed by atoms with E-state index < -0.39 is 46.2 Å². The Bertz CT molecular complexity index is 1380. The second-order valence-electron chi connectivity index (χ2n) is 10.3. The van der Waals surface area contributed by atoms with E-state index in [4.69, 9.17) is 5.73 Å². The summed E-state index contributed by atoms with van der Waals surface area (Å²) in [4.78, 5) is 30.4. The zero-order valence-corrected chi connectivity index (χ0v) is 21.2. The number of pyridine rings is 1. The summed E-state index contributed by atoms with van der Waals surface area (Å²) >= 11 is -1.31. The van der Waals surface area contributed by atoms with Crippen molar-refractivity contribution in [2.24, 2.45) is 23.5 Å². The number of aliphatic hydroxyl groups excluding tert-OH is 2. The third kappa shape index (κ3) is 3.91. The average molecular weight is 525 g/mol. The van der Waals surface area contributed by atoms with Gasteiger partial charge in [-0.15, -0.1) is 0 Å². The van der Waals surface area contributed by atoms with Crippen LogP contribution < -0.4 is 5.73 Å². The number of carbonyl (C=O) groups excluding carboxylic acids is 2. The molecule has 9 nitrogen and oxygen atoms in total. The molecular formula is C27H28N2O7S. The van der Waals surface area contributed by atoms with Gasteiger partial charge in [0.15, 0.2) is 5.78 Å². The fraction of sp³-hybridized carbons (Fsp3) is 0.370. The molecule has 0 radical (unpaired) electrons. The Morgan fingerprint density at radius 3 is 2.62 bits per heavy atom. The summed E-state index contributed by atoms with van der Waals surface area (Å²) in [6, 6.07) is 7.07. The number of allylic oxidation sites excluding steroid dienone is 2. The number of phenolic OH excluding ortho intramolecular Hbond substituents is 1. The topological polar surface area (TPSA) is 177 Å². The standard InChI is InChI=1S/C27H28N2O7S/c1-27(35)21-13(10-18(30)22(27)26(28)34)7-12-8-16-15(17-5-3-4-6-29-17)9-14(11-37(2)36)23(31)20(16)24(32)19(12)25(21)33/h3-6,9,12-13,21,30-31,33,35H,7-8,10-11H2,1-2H3,(H2,28,34). The summed E-state index contributed by atoms with van der Waals surface area (Å²) in [5, 5.41) is 44.4. The van der Waals surface area contributed by atoms with Gasteiger partial charge in [0.25, 0.3) is 5.91 Å². The average Bonchev–Trinajstić information content (AvgIpc) is 2.79. The highest BCUT2D eigenvalue weighted by molar-refractivity contribution is 7.89. The molecule has 0 fully saturated rings. The van der Waals surface area contributed by atoms with Gasteiger partial charge in [-0.3, -0.25) is 14.6 Å². The van der Waals surface area contributed by atoms with Crippen molar-refractivity contribution >= 4 is 22.9 Å². The lowest BCUT2D eigenvalue weighted by Crippen LogP contribution is -2.52. The van der Waals surface area contributed by atoms with E-state index in [1.54, 1.807) is 24.4 Å². The van der Waals surface area contributed by atoms with Gasteiger partial charge in [-0.1, -0.05) is 17.2 Å². The van der Waals surface area contributed by atoms with Crippen LogP contribution in [0.15, 0.2) is 53.1 Å². The molecule has 1 aromatic heterocycles. The predicted molar refractivity (Wildman–Crippen MR) is 136 cm³/mol. The minimum Gasteiger partial charge on any atom is -0.616 e. The molecule has 2 aromatic rings. The molecule has 10 heteroatoms. The Balaban J connectivity index is 1.71. The summed E-state index contributed by atoms with van der Waals surface area (Å²) < 4.78 is 12.0. The monoisotopic (exact) mass is 524 g/mol. The van der Waals surface area contributed by atoms with E-state index in [0.717, 1.165) is 0 Å². The number of nitrogens with zero attached hydrogens (tertiary/aromatic N) is 1. The number of aliphatic hydroxyl groups is 3. The third-order valence-electron chi connectivity index (χ3n) is 7.85. The molecule has 5 unspecified atom stereocenters. The number of Topliss-reactive ketones (excluding diaryl/α,β-unsaturated/α-hetero) is 1. The second kappa shape index (κ2) is 8.90. The summed E-state index contributed by atoms with van der Waals surface area (Å²) in [5.41, 5.74) is 5.26. The fourth-order valence-corrected chi connectivity index (χ4v) is 7.17. The molecule has 0 saturated carbocycles. The van der Waals surface area contributed by atoms with Gasteiger partial charge in [-0.25, -0.2) is 0 Å². The molecule has 0 saturated heterocycles. The maximum atomic E-state index is 14.0. The molecule has 1 heterocycles. The van der Waals surface area contributed by atoms with Crippen LogP contribution in [0.3, 0.4) is 0 Å². The molecule has 1 aromatic carbocycles. The van der Waals surface area contributed by atoms with Crippen LogP contribution in [0.4, 0.5) is 0 Å². The zero-order chi connectivity index (χ0) is 26.8. The summed E-state index contributed by atoms with van der Waals surface area (Å²) in [6.07, 6.45) is 3.79. The molecule has 5 atom stereocenters. The first-order valence-electron chi connectivity index (χ1n) is 11.9. The molecule has 1 amide bonds. The number of hydrogen-bond donors (Lipinski definition) is 5. The van der Waals surface area contributed by atoms with Gasteiger partial charge in [0.1, 0.15) is 28.6 Å². The first-order valence-corrected chi connectivity index (χ1v) is 13.7. The number of ketones is 1. The molecule has 5 rings (SSSR count). The van der Waals surface area contributed by atoms with Gasteiger partial charge in [-0.05, 0) is 55.4 Å². The normalized spacial score (nSPS) is 27.9. The zero-order valence-electron chi connectivity index (χ0n) is 20.4. The smallest absolute Gasteiger partial charge is 0.250 e. The van der Waals surface area contributed by atoms with E-state index in [-0.39, 0.29) is 46.2 Å². The van der Waals surface area contributed by atoms with Crippen LogP contribution in [0.25, 0.3) is 11.3 Å². The Hall–Kier alpha value is -3.34. The number of amides is 1. The van der Waals surface area contributed by atoms with Crippen molar-refractivity contribution in [3.05, 3.63) is 69.8 Å². The van der Waals surface area contributed by atoms with Gasteiger partial charge in [0, 0.05) is 29.3 Å². The van der Waals surface area contributed by atoms with E-state index in [1.807, 2.05) is 6.07 Å². The van der Waals surface area contributed by atoms with Gasteiger partial charge in [0.05, 0.1) is 29.0 Å². The maximum Gasteiger partial charge on any atom is 0.250 e. The number of hydrogen-bond acceptors (Lipinski definition) is 8. The van der Waals surface area contributed by atoms with Crippen LogP contribution in [-0.2, 0) is 28.1 Å². The van der Waals surface area contributed by atoms with Crippen molar-refractivity contribution in [3.8, 4) is 17.0 Å². The quantitative estimate of drug-likeness (QED) is 0.379. The predicted octanol–water partition coefficient (Wildman–Crippen LogP) is 2.59. The first kappa shape index (κ1) is 25.3. The van der Waals surface area contributed by atoms with E-state index in [2.05, 4.69) is 4.98 Å². The Kier molecular flexibility index (Phi) is 6.09. The van der Waals surface area contributed by atoms with Crippen LogP contribution in [0.1, 0.15) is 41.3 Å². The third-order valence-corrected chi connectivity index (χ3v) is 8.57. The highest BCUT2D eigenvalue weighted by Crippen LogP contribution is 2.54. The molecule has 6 N–H and O–H groups in total. The Morgan fingerprint density at radius 1 is 1.27 bits per heavy atom. The highest BCUT2D eigenvalue weighted by Gasteiger charge is 2.55. The van der Waals surface area contributed by atoms with Crippen molar-refractivity contribution in [2.75, 3.05) is 6.26 Å². The summed E-state index contributed by atoms with van der Waals surface area (Å²) in [6.45, 7) is 1.30. The maximum absolute atomic E-state index is 14.0. The van der Waals surface area contributed by atoms with E-state index in [0.29, 0.717) is 35.2 Å². The van der Waals surface area contributed by atoms with Crippen molar-refractivity contribution in [1.82, 2.24) is 4.98 Å². The molecule has 0 aliphatic heterocycles. The number of carbonyl (C=O) groups is 2. The Morgan fingerprint density at radius 2 is 2.00 bits per heavy atom. The van der Waals surface area contributed by atoms with Crippen molar-refractivity contribution in [2.45, 2.75) is 37.5 Å². The van der Waals surface area contributed by atoms with Crippen LogP contribution in [0.2, 0.25) is 0 Å². The lowest BCUT2D eigenvalue weighted by atomic mass is 9.58. The second-order valence-corrected chi connectivity index (χ2v) is 11.7. The number of aromatic nitrogens is 1. The molecule has 0 bridgehead atoms. The minimum absolute atomic E-state index is 0.0174. The lowest BCUT2D eigenvalue weighted by Gasteiger charge is -2.48. The largest absolute Gasteiger partial charge is 0.616 e. The number of phenols is 1. The minimum atomic E-state index is -2.00. The number of primary amides is 1. The van der Waals surface area contributed by atoms with Crippen LogP contribution >= 0.6 is 0 Å². The van der Waals surface area contributed by atoms with Gasteiger partial charge in [-0.2, -0.15) is 0 Å². The summed E-state index contributed by atoms with van der Waals surface area (Å²) in [5.74, 6) is -4.48. The van der Waals surface area contributed by atoms with E-state index >= 15 is 0 Å². The van der Waals surface area contributed by atoms with Gasteiger partial charge < -0.3 is 30.7 Å². The van der Waals surface area contributed by atoms with Gasteiger partial charge >= 0.3 is 0 Å². The van der Waals surface area contributed by atoms with Crippen LogP contribution in [0, 0.1) is 17.8 Å². The highest BCUT2D eigenvalue weighted by atomic mass is 32.2. The molecule has 3 aliphatic rings. The first-order chi connectivity index (χ1) is 17.4. The molecule has 0 spiro atoms. The van der Waals surface area contributed by atoms with Crippen LogP contribution in [0.5, 0.6) is 5.75 Å². The molecule has 3 aliphatic carbocycles. The van der Waals surface area contributed by atoms with E-state index in [9.17, 15) is 34.6 Å². The number of benzene rings is 1. The van der Waals surface area contributed by atoms with Crippen molar-refractivity contribution < 1.29 is 34.6 Å². The number of rotatable bonds is 4. The Labute approximate surface area is 216 Å². The van der Waals surface area contributed by atoms with Crippen molar-refractivity contribution in [3.63, 3.8) is 0 Å².